The van der Waals surface area contributed by atoms with E-state index < -0.39 is 18.2 Å². The predicted octanol–water partition coefficient (Wildman–Crippen LogP) is 1.91. The molecule has 2 rings (SSSR count). The van der Waals surface area contributed by atoms with Crippen molar-refractivity contribution in [2.75, 3.05) is 7.05 Å². The zero-order chi connectivity index (χ0) is 14.7. The number of nitriles is 1. The average Bonchev–Trinajstić information content (AvgIpc) is 2.42. The molecule has 0 unspecified atom stereocenters. The molecule has 0 aliphatic carbocycles. The molecule has 1 aliphatic rings. The Labute approximate surface area is 116 Å². The number of hydrogen-bond donors (Lipinski definition) is 1. The van der Waals surface area contributed by atoms with Crippen LogP contribution in [0.15, 0.2) is 24.3 Å². The first-order valence-electron chi connectivity index (χ1n) is 6.16. The molecule has 1 heterocycles. The molecule has 104 valence electrons. The first-order valence-corrected chi connectivity index (χ1v) is 6.16. The first-order chi connectivity index (χ1) is 9.51. The zero-order valence-corrected chi connectivity index (χ0v) is 10.9. The van der Waals surface area contributed by atoms with Crippen molar-refractivity contribution in [2.45, 2.75) is 25.0 Å². The molecule has 1 aromatic rings. The van der Waals surface area contributed by atoms with Gasteiger partial charge in [0.1, 0.15) is 6.10 Å². The van der Waals surface area contributed by atoms with Crippen molar-refractivity contribution in [3.63, 3.8) is 0 Å². The van der Waals surface area contributed by atoms with Crippen molar-refractivity contribution in [1.82, 2.24) is 4.90 Å². The molecule has 20 heavy (non-hydrogen) atoms. The summed E-state index contributed by atoms with van der Waals surface area (Å²) in [4.78, 5) is 23.9. The summed E-state index contributed by atoms with van der Waals surface area (Å²) in [6.45, 7) is 0. The van der Waals surface area contributed by atoms with Crippen LogP contribution in [0.5, 0.6) is 0 Å². The molecule has 0 bridgehead atoms. The fourth-order valence-electron chi connectivity index (χ4n) is 2.27. The van der Waals surface area contributed by atoms with E-state index in [4.69, 9.17) is 15.1 Å². The average molecular weight is 274 g/mol. The van der Waals surface area contributed by atoms with Gasteiger partial charge in [0.2, 0.25) is 0 Å². The number of carbonyl (C=O) groups excluding carboxylic acids is 1. The van der Waals surface area contributed by atoms with Crippen molar-refractivity contribution in [1.29, 1.82) is 5.26 Å². The van der Waals surface area contributed by atoms with Crippen LogP contribution in [0.1, 0.15) is 30.0 Å². The minimum atomic E-state index is -0.995. The molecule has 1 N–H and O–H groups in total. The van der Waals surface area contributed by atoms with Crippen molar-refractivity contribution >= 4 is 12.1 Å². The lowest BCUT2D eigenvalue weighted by atomic mass is 9.96. The Morgan fingerprint density at radius 3 is 2.70 bits per heavy atom. The fraction of sp³-hybridized carbons (Fsp3) is 0.357. The quantitative estimate of drug-likeness (QED) is 0.909. The Hall–Kier alpha value is -2.55. The summed E-state index contributed by atoms with van der Waals surface area (Å²) >= 11 is 0. The monoisotopic (exact) mass is 274 g/mol. The highest BCUT2D eigenvalue weighted by molar-refractivity contribution is 5.71. The number of nitrogens with zero attached hydrogens (tertiary/aromatic N) is 2. The Bertz CT molecular complexity index is 562. The van der Waals surface area contributed by atoms with Gasteiger partial charge >= 0.3 is 12.1 Å². The maximum absolute atomic E-state index is 11.8. The minimum Gasteiger partial charge on any atom is -0.481 e. The molecular formula is C14H14N2O4. The van der Waals surface area contributed by atoms with Crippen molar-refractivity contribution in [3.8, 4) is 6.07 Å². The Balaban J connectivity index is 2.20. The van der Waals surface area contributed by atoms with Crippen molar-refractivity contribution in [2.24, 2.45) is 0 Å². The Morgan fingerprint density at radius 2 is 2.15 bits per heavy atom. The molecule has 0 saturated carbocycles. The number of hydrogen-bond acceptors (Lipinski definition) is 4. The summed E-state index contributed by atoms with van der Waals surface area (Å²) in [6, 6.07) is 8.69. The predicted molar refractivity (Wildman–Crippen MR) is 68.8 cm³/mol. The van der Waals surface area contributed by atoms with Crippen LogP contribution in [0.4, 0.5) is 4.79 Å². The third kappa shape index (κ3) is 2.88. The maximum atomic E-state index is 11.8. The van der Waals surface area contributed by atoms with E-state index in [0.717, 1.165) is 5.56 Å². The summed E-state index contributed by atoms with van der Waals surface area (Å²) in [5.74, 6) is -0.995. The number of ether oxygens (including phenoxy) is 1. The zero-order valence-electron chi connectivity index (χ0n) is 10.9. The molecule has 1 aliphatic heterocycles. The lowest BCUT2D eigenvalue weighted by molar-refractivity contribution is -0.140. The summed E-state index contributed by atoms with van der Waals surface area (Å²) in [6.07, 6.45) is -0.944. The number of carboxylic acids is 1. The van der Waals surface area contributed by atoms with E-state index in [0.29, 0.717) is 12.0 Å². The molecule has 1 saturated heterocycles. The molecule has 1 amide bonds. The molecule has 6 heteroatoms. The maximum Gasteiger partial charge on any atom is 0.410 e. The van der Waals surface area contributed by atoms with Gasteiger partial charge in [-0.3, -0.25) is 4.79 Å². The van der Waals surface area contributed by atoms with Crippen LogP contribution in [-0.4, -0.2) is 35.2 Å². The number of carboxylic acid groups (broad SMARTS) is 1. The van der Waals surface area contributed by atoms with Crippen LogP contribution in [0.3, 0.4) is 0 Å². The van der Waals surface area contributed by atoms with Crippen molar-refractivity contribution in [3.05, 3.63) is 35.4 Å². The number of benzene rings is 1. The lowest BCUT2D eigenvalue weighted by Gasteiger charge is -2.36. The first kappa shape index (κ1) is 13.9. The third-order valence-corrected chi connectivity index (χ3v) is 3.34. The molecule has 0 aromatic heterocycles. The van der Waals surface area contributed by atoms with Gasteiger partial charge in [-0.1, -0.05) is 12.1 Å². The van der Waals surface area contributed by atoms with E-state index in [2.05, 4.69) is 0 Å². The third-order valence-electron chi connectivity index (χ3n) is 3.34. The van der Waals surface area contributed by atoms with Gasteiger partial charge in [0, 0.05) is 13.5 Å². The Morgan fingerprint density at radius 1 is 1.50 bits per heavy atom. The van der Waals surface area contributed by atoms with Crippen LogP contribution in [0.2, 0.25) is 0 Å². The second-order valence-corrected chi connectivity index (χ2v) is 4.70. The van der Waals surface area contributed by atoms with Crippen LogP contribution in [0.25, 0.3) is 0 Å². The number of amides is 1. The molecular weight excluding hydrogens is 260 g/mol. The minimum absolute atomic E-state index is 0.202. The standard InChI is InChI=1S/C14H14N2O4/c1-16-12(10-4-2-9(8-15)3-5-10)6-11(7-13(17)18)20-14(16)19/h2-5,11-12H,6-7H2,1H3,(H,17,18)/t11-,12+/m1/s1. The van der Waals surface area contributed by atoms with Crippen LogP contribution in [0, 0.1) is 11.3 Å². The fourth-order valence-corrected chi connectivity index (χ4v) is 2.27. The van der Waals surface area contributed by atoms with Crippen LogP contribution >= 0.6 is 0 Å². The van der Waals surface area contributed by atoms with Gasteiger partial charge in [-0.25, -0.2) is 4.79 Å². The lowest BCUT2D eigenvalue weighted by Crippen LogP contribution is -2.42. The summed E-state index contributed by atoms with van der Waals surface area (Å²) in [5, 5.41) is 17.6. The number of cyclic esters (lactones) is 1. The molecule has 0 spiro atoms. The smallest absolute Gasteiger partial charge is 0.410 e. The molecule has 1 aromatic carbocycles. The summed E-state index contributed by atoms with van der Waals surface area (Å²) in [7, 11) is 1.61. The normalized spacial score (nSPS) is 22.0. The topological polar surface area (TPSA) is 90.6 Å². The van der Waals surface area contributed by atoms with Crippen LogP contribution in [-0.2, 0) is 9.53 Å². The second kappa shape index (κ2) is 5.61. The summed E-state index contributed by atoms with van der Waals surface area (Å²) in [5.41, 5.74) is 1.40. The number of carbonyl (C=O) groups is 2. The van der Waals surface area contributed by atoms with Gasteiger partial charge in [0.05, 0.1) is 24.1 Å². The highest BCUT2D eigenvalue weighted by atomic mass is 16.6. The molecule has 6 nitrogen and oxygen atoms in total. The van der Waals surface area contributed by atoms with Crippen LogP contribution < -0.4 is 0 Å². The van der Waals surface area contributed by atoms with E-state index in [9.17, 15) is 9.59 Å². The van der Waals surface area contributed by atoms with E-state index in [1.807, 2.05) is 6.07 Å². The molecule has 2 atom stereocenters. The van der Waals surface area contributed by atoms with Gasteiger partial charge in [-0.05, 0) is 17.7 Å². The SMILES string of the molecule is CN1C(=O)O[C@@H](CC(=O)O)C[C@H]1c1ccc(C#N)cc1. The van der Waals surface area contributed by atoms with E-state index in [-0.39, 0.29) is 12.5 Å². The van der Waals surface area contributed by atoms with E-state index >= 15 is 0 Å². The summed E-state index contributed by atoms with van der Waals surface area (Å²) < 4.78 is 5.06. The van der Waals surface area contributed by atoms with Crippen molar-refractivity contribution < 1.29 is 19.4 Å². The Kier molecular flexibility index (Phi) is 3.89. The highest BCUT2D eigenvalue weighted by Gasteiger charge is 2.34. The van der Waals surface area contributed by atoms with Gasteiger partial charge in [0.25, 0.3) is 0 Å². The van der Waals surface area contributed by atoms with E-state index in [1.54, 1.807) is 31.3 Å². The number of rotatable bonds is 3. The number of aliphatic carboxylic acids is 1. The molecule has 1 fully saturated rings. The second-order valence-electron chi connectivity index (χ2n) is 4.70. The highest BCUT2D eigenvalue weighted by Crippen LogP contribution is 2.31. The van der Waals surface area contributed by atoms with Gasteiger partial charge < -0.3 is 14.7 Å². The molecule has 0 radical (unpaired) electrons. The van der Waals surface area contributed by atoms with E-state index in [1.165, 1.54) is 4.90 Å². The largest absolute Gasteiger partial charge is 0.481 e. The van der Waals surface area contributed by atoms with Gasteiger partial charge in [-0.15, -0.1) is 0 Å². The van der Waals surface area contributed by atoms with Gasteiger partial charge in [0.15, 0.2) is 0 Å². The van der Waals surface area contributed by atoms with Gasteiger partial charge in [-0.2, -0.15) is 5.26 Å².